The zero-order chi connectivity index (χ0) is 26.2. The molecule has 0 bridgehead atoms. The van der Waals surface area contributed by atoms with Gasteiger partial charge in [0.25, 0.3) is 0 Å². The smallest absolute Gasteiger partial charge is 0.326 e. The molecule has 0 aliphatic carbocycles. The van der Waals surface area contributed by atoms with Gasteiger partial charge in [0.2, 0.25) is 11.7 Å². The van der Waals surface area contributed by atoms with Crippen LogP contribution in [0, 0.1) is 6.92 Å². The molecule has 37 heavy (non-hydrogen) atoms. The molecule has 0 saturated heterocycles. The Morgan fingerprint density at radius 1 is 1.16 bits per heavy atom. The molecule has 0 fully saturated rings. The Morgan fingerprint density at radius 3 is 2.59 bits per heavy atom. The van der Waals surface area contributed by atoms with E-state index >= 15 is 0 Å². The van der Waals surface area contributed by atoms with E-state index < -0.39 is 12.0 Å². The van der Waals surface area contributed by atoms with Crippen LogP contribution >= 0.6 is 11.3 Å². The minimum Gasteiger partial charge on any atom is -0.493 e. The molecule has 2 heterocycles. The maximum Gasteiger partial charge on any atom is 0.326 e. The number of carboxylic acids is 1. The van der Waals surface area contributed by atoms with E-state index in [0.29, 0.717) is 35.4 Å². The van der Waals surface area contributed by atoms with Gasteiger partial charge in [0.15, 0.2) is 5.01 Å². The highest BCUT2D eigenvalue weighted by atomic mass is 32.1. The lowest BCUT2D eigenvalue weighted by atomic mass is 10.1. The van der Waals surface area contributed by atoms with Crippen LogP contribution < -0.4 is 10.1 Å². The fourth-order valence-corrected chi connectivity index (χ4v) is 4.25. The molecule has 2 aromatic heterocycles. The van der Waals surface area contributed by atoms with Gasteiger partial charge in [-0.25, -0.2) is 14.8 Å². The molecular formula is C28H27N3O5S. The highest BCUT2D eigenvalue weighted by molar-refractivity contribution is 7.11. The maximum absolute atomic E-state index is 12.2. The van der Waals surface area contributed by atoms with Crippen molar-refractivity contribution in [3.8, 4) is 17.2 Å². The number of aromatic nitrogens is 2. The minimum atomic E-state index is -1.01. The number of thiazole rings is 1. The fourth-order valence-electron chi connectivity index (χ4n) is 3.71. The third-order valence-electron chi connectivity index (χ3n) is 5.57. The van der Waals surface area contributed by atoms with Crippen molar-refractivity contribution >= 4 is 23.1 Å². The van der Waals surface area contributed by atoms with E-state index in [1.165, 1.54) is 17.4 Å². The summed E-state index contributed by atoms with van der Waals surface area (Å²) in [6.45, 7) is 3.98. The van der Waals surface area contributed by atoms with Crippen molar-refractivity contribution in [3.63, 3.8) is 0 Å². The number of hydrogen-bond acceptors (Lipinski definition) is 8. The number of aliphatic carboxylic acids is 1. The first-order chi connectivity index (χ1) is 17.9. The standard InChI is InChI=1S/C28H27N3O5S/c1-18(16-25(32)27-29-13-15-37-27)30-24(28(33)34)17-20-8-10-22(11-9-20)35-14-12-23-19(2)36-26(31-23)21-6-4-3-5-7-21/h3-11,13,15-16,24,30H,12,14,17H2,1-2H3,(H,33,34)/b18-16-. The Hall–Kier alpha value is -4.24. The van der Waals surface area contributed by atoms with E-state index in [4.69, 9.17) is 9.15 Å². The Bertz CT molecular complexity index is 1360. The number of nitrogens with zero attached hydrogens (tertiary/aromatic N) is 2. The van der Waals surface area contributed by atoms with Crippen LogP contribution in [0.3, 0.4) is 0 Å². The summed E-state index contributed by atoms with van der Waals surface area (Å²) in [6, 6.07) is 16.2. The molecule has 0 radical (unpaired) electrons. The summed E-state index contributed by atoms with van der Waals surface area (Å²) in [5.74, 6) is 0.771. The van der Waals surface area contributed by atoms with Gasteiger partial charge < -0.3 is 19.6 Å². The number of oxazole rings is 1. The number of ether oxygens (including phenoxy) is 1. The molecule has 8 nitrogen and oxygen atoms in total. The van der Waals surface area contributed by atoms with Gasteiger partial charge in [-0.15, -0.1) is 11.3 Å². The highest BCUT2D eigenvalue weighted by Gasteiger charge is 2.19. The molecule has 0 aliphatic heterocycles. The Balaban J connectivity index is 1.30. The minimum absolute atomic E-state index is 0.243. The summed E-state index contributed by atoms with van der Waals surface area (Å²) in [6.07, 6.45) is 3.76. The van der Waals surface area contributed by atoms with E-state index in [-0.39, 0.29) is 12.2 Å². The molecule has 1 atom stereocenters. The summed E-state index contributed by atoms with van der Waals surface area (Å²) < 4.78 is 11.7. The lowest BCUT2D eigenvalue weighted by molar-refractivity contribution is -0.139. The van der Waals surface area contributed by atoms with Crippen LogP contribution in [0.15, 0.2) is 82.4 Å². The molecule has 1 unspecified atom stereocenters. The van der Waals surface area contributed by atoms with Crippen LogP contribution in [-0.4, -0.2) is 39.5 Å². The van der Waals surface area contributed by atoms with Gasteiger partial charge in [0.1, 0.15) is 17.6 Å². The number of nitrogens with one attached hydrogen (secondary N) is 1. The second-order valence-electron chi connectivity index (χ2n) is 8.40. The quantitative estimate of drug-likeness (QED) is 0.197. The van der Waals surface area contributed by atoms with Crippen molar-refractivity contribution in [2.75, 3.05) is 6.61 Å². The molecule has 4 rings (SSSR count). The number of allylic oxidation sites excluding steroid dienone is 2. The van der Waals surface area contributed by atoms with Crippen molar-refractivity contribution in [1.82, 2.24) is 15.3 Å². The van der Waals surface area contributed by atoms with E-state index in [0.717, 1.165) is 22.6 Å². The topological polar surface area (TPSA) is 115 Å². The number of carboxylic acid groups (broad SMARTS) is 1. The van der Waals surface area contributed by atoms with Crippen molar-refractivity contribution in [2.45, 2.75) is 32.7 Å². The molecule has 0 saturated carbocycles. The highest BCUT2D eigenvalue weighted by Crippen LogP contribution is 2.22. The van der Waals surface area contributed by atoms with Gasteiger partial charge in [0, 0.05) is 41.8 Å². The van der Waals surface area contributed by atoms with Crippen molar-refractivity contribution < 1.29 is 23.8 Å². The van der Waals surface area contributed by atoms with Gasteiger partial charge in [-0.1, -0.05) is 30.3 Å². The number of rotatable bonds is 12. The predicted molar refractivity (Wildman–Crippen MR) is 141 cm³/mol. The number of benzene rings is 2. The number of carbonyl (C=O) groups excluding carboxylic acids is 1. The van der Waals surface area contributed by atoms with Crippen LogP contribution in [0.2, 0.25) is 0 Å². The largest absolute Gasteiger partial charge is 0.493 e. The SMILES string of the molecule is C/C(=C/C(=O)c1nccs1)NC(Cc1ccc(OCCc2nc(-c3ccccc3)oc2C)cc1)C(=O)O. The predicted octanol–water partition coefficient (Wildman–Crippen LogP) is 5.10. The van der Waals surface area contributed by atoms with Crippen molar-refractivity contribution in [1.29, 1.82) is 0 Å². The molecule has 4 aromatic rings. The molecule has 0 aliphatic rings. The summed E-state index contributed by atoms with van der Waals surface area (Å²) in [5, 5.41) is 14.6. The Kier molecular flexibility index (Phi) is 8.48. The van der Waals surface area contributed by atoms with Gasteiger partial charge in [0.05, 0.1) is 12.3 Å². The third-order valence-corrected chi connectivity index (χ3v) is 6.36. The lowest BCUT2D eigenvalue weighted by Gasteiger charge is -2.16. The second-order valence-corrected chi connectivity index (χ2v) is 9.29. The van der Waals surface area contributed by atoms with E-state index in [2.05, 4.69) is 15.3 Å². The van der Waals surface area contributed by atoms with Gasteiger partial charge in [-0.05, 0) is 43.7 Å². The monoisotopic (exact) mass is 517 g/mol. The van der Waals surface area contributed by atoms with Crippen LogP contribution in [0.4, 0.5) is 0 Å². The maximum atomic E-state index is 12.2. The number of aryl methyl sites for hydroxylation is 1. The first kappa shape index (κ1) is 25.8. The van der Waals surface area contributed by atoms with Crippen LogP contribution in [0.1, 0.15) is 33.7 Å². The third kappa shape index (κ3) is 7.14. The van der Waals surface area contributed by atoms with E-state index in [1.807, 2.05) is 61.5 Å². The first-order valence-electron chi connectivity index (χ1n) is 11.7. The summed E-state index contributed by atoms with van der Waals surface area (Å²) in [4.78, 5) is 32.5. The number of ketones is 1. The molecule has 2 aromatic carbocycles. The molecule has 0 spiro atoms. The van der Waals surface area contributed by atoms with Crippen molar-refractivity contribution in [2.24, 2.45) is 0 Å². The molecule has 0 amide bonds. The zero-order valence-electron chi connectivity index (χ0n) is 20.5. The van der Waals surface area contributed by atoms with Crippen LogP contribution in [-0.2, 0) is 17.6 Å². The van der Waals surface area contributed by atoms with Gasteiger partial charge >= 0.3 is 5.97 Å². The first-order valence-corrected chi connectivity index (χ1v) is 12.6. The van der Waals surface area contributed by atoms with Crippen LogP contribution in [0.5, 0.6) is 5.75 Å². The van der Waals surface area contributed by atoms with E-state index in [9.17, 15) is 14.7 Å². The summed E-state index contributed by atoms with van der Waals surface area (Å²) >= 11 is 1.24. The fraction of sp³-hybridized carbons (Fsp3) is 0.214. The summed E-state index contributed by atoms with van der Waals surface area (Å²) in [7, 11) is 0. The zero-order valence-corrected chi connectivity index (χ0v) is 21.3. The second kappa shape index (κ2) is 12.1. The Morgan fingerprint density at radius 2 is 1.92 bits per heavy atom. The number of carbonyl (C=O) groups is 2. The van der Waals surface area contributed by atoms with Gasteiger partial charge in [-0.2, -0.15) is 0 Å². The van der Waals surface area contributed by atoms with E-state index in [1.54, 1.807) is 18.5 Å². The normalized spacial score (nSPS) is 12.2. The van der Waals surface area contributed by atoms with Crippen molar-refractivity contribution in [3.05, 3.63) is 100.0 Å². The molecule has 9 heteroatoms. The molecule has 2 N–H and O–H groups in total. The summed E-state index contributed by atoms with van der Waals surface area (Å²) in [5.41, 5.74) is 3.07. The average Bonchev–Trinajstić information content (AvgIpc) is 3.56. The lowest BCUT2D eigenvalue weighted by Crippen LogP contribution is -2.37. The average molecular weight is 518 g/mol. The number of hydrogen-bond donors (Lipinski definition) is 2. The van der Waals surface area contributed by atoms with Crippen LogP contribution in [0.25, 0.3) is 11.5 Å². The van der Waals surface area contributed by atoms with Gasteiger partial charge in [-0.3, -0.25) is 4.79 Å². The molecular weight excluding hydrogens is 490 g/mol. The Labute approximate surface area is 218 Å². The molecule has 190 valence electrons.